The highest BCUT2D eigenvalue weighted by atomic mass is 16.6. The number of rotatable bonds is 4. The SMILES string of the molecule is C[C@@H]1[C@H](c2ccccc2)OC(=O)N1C(=O)[C@@H](C)Cc1ccccc1. The lowest BCUT2D eigenvalue weighted by Crippen LogP contribution is -2.41. The molecule has 0 unspecified atom stereocenters. The smallest absolute Gasteiger partial charge is 0.417 e. The molecule has 124 valence electrons. The molecule has 1 heterocycles. The molecule has 2 aromatic carbocycles. The van der Waals surface area contributed by atoms with Gasteiger partial charge in [0.1, 0.15) is 6.10 Å². The number of ether oxygens (including phenoxy) is 1. The Balaban J connectivity index is 1.74. The molecule has 24 heavy (non-hydrogen) atoms. The van der Waals surface area contributed by atoms with Crippen LogP contribution in [-0.4, -0.2) is 22.9 Å². The van der Waals surface area contributed by atoms with E-state index in [2.05, 4.69) is 0 Å². The van der Waals surface area contributed by atoms with Crippen LogP contribution in [0.2, 0.25) is 0 Å². The molecule has 0 aliphatic carbocycles. The molecule has 4 heteroatoms. The van der Waals surface area contributed by atoms with Crippen molar-refractivity contribution in [3.63, 3.8) is 0 Å². The molecule has 0 radical (unpaired) electrons. The van der Waals surface area contributed by atoms with E-state index in [1.165, 1.54) is 4.90 Å². The number of hydrogen-bond donors (Lipinski definition) is 0. The van der Waals surface area contributed by atoms with Crippen LogP contribution in [0.25, 0.3) is 0 Å². The fourth-order valence-electron chi connectivity index (χ4n) is 3.14. The van der Waals surface area contributed by atoms with Gasteiger partial charge in [0.2, 0.25) is 5.91 Å². The maximum Gasteiger partial charge on any atom is 0.417 e. The van der Waals surface area contributed by atoms with E-state index in [4.69, 9.17) is 4.74 Å². The number of carbonyl (C=O) groups excluding carboxylic acids is 2. The van der Waals surface area contributed by atoms with Crippen molar-refractivity contribution in [2.45, 2.75) is 32.4 Å². The maximum atomic E-state index is 12.8. The number of nitrogens with zero attached hydrogens (tertiary/aromatic N) is 1. The molecule has 0 saturated carbocycles. The van der Waals surface area contributed by atoms with Crippen LogP contribution in [-0.2, 0) is 16.0 Å². The van der Waals surface area contributed by atoms with Crippen LogP contribution < -0.4 is 0 Å². The highest BCUT2D eigenvalue weighted by molar-refractivity contribution is 5.95. The van der Waals surface area contributed by atoms with Crippen LogP contribution in [0.4, 0.5) is 4.79 Å². The van der Waals surface area contributed by atoms with Gasteiger partial charge in [0.15, 0.2) is 0 Å². The van der Waals surface area contributed by atoms with E-state index in [0.717, 1.165) is 11.1 Å². The average molecular weight is 323 g/mol. The second-order valence-corrected chi connectivity index (χ2v) is 6.25. The van der Waals surface area contributed by atoms with E-state index in [-0.39, 0.29) is 17.9 Å². The number of carbonyl (C=O) groups is 2. The molecule has 1 aliphatic rings. The molecular formula is C20H21NO3. The molecular weight excluding hydrogens is 302 g/mol. The third-order valence-electron chi connectivity index (χ3n) is 4.44. The minimum atomic E-state index is -0.554. The highest BCUT2D eigenvalue weighted by Crippen LogP contribution is 2.33. The molecule has 1 aliphatic heterocycles. The molecule has 1 fully saturated rings. The van der Waals surface area contributed by atoms with Crippen LogP contribution in [0.5, 0.6) is 0 Å². The Kier molecular flexibility index (Phi) is 4.65. The van der Waals surface area contributed by atoms with Crippen molar-refractivity contribution in [3.8, 4) is 0 Å². The Morgan fingerprint density at radius 1 is 1.08 bits per heavy atom. The van der Waals surface area contributed by atoms with E-state index in [1.807, 2.05) is 74.5 Å². The minimum absolute atomic E-state index is 0.185. The van der Waals surface area contributed by atoms with Crippen molar-refractivity contribution in [2.75, 3.05) is 0 Å². The summed E-state index contributed by atoms with van der Waals surface area (Å²) in [6.07, 6.45) is -0.362. The first-order valence-electron chi connectivity index (χ1n) is 8.20. The molecule has 3 atom stereocenters. The topological polar surface area (TPSA) is 46.6 Å². The van der Waals surface area contributed by atoms with Crippen molar-refractivity contribution in [2.24, 2.45) is 5.92 Å². The van der Waals surface area contributed by atoms with E-state index in [9.17, 15) is 9.59 Å². The predicted octanol–water partition coefficient (Wildman–Crippen LogP) is 3.97. The van der Waals surface area contributed by atoms with Crippen LogP contribution in [0.3, 0.4) is 0 Å². The van der Waals surface area contributed by atoms with Gasteiger partial charge in [-0.3, -0.25) is 4.79 Å². The summed E-state index contributed by atoms with van der Waals surface area (Å²) < 4.78 is 5.46. The number of cyclic esters (lactones) is 1. The van der Waals surface area contributed by atoms with Crippen molar-refractivity contribution in [1.82, 2.24) is 4.90 Å². The number of hydrogen-bond acceptors (Lipinski definition) is 3. The van der Waals surface area contributed by atoms with Gasteiger partial charge < -0.3 is 4.74 Å². The van der Waals surface area contributed by atoms with Crippen LogP contribution in [0, 0.1) is 5.92 Å². The van der Waals surface area contributed by atoms with Crippen molar-refractivity contribution >= 4 is 12.0 Å². The van der Waals surface area contributed by atoms with Gasteiger partial charge >= 0.3 is 6.09 Å². The zero-order valence-corrected chi connectivity index (χ0v) is 13.9. The number of benzene rings is 2. The van der Waals surface area contributed by atoms with Gasteiger partial charge in [0, 0.05) is 5.92 Å². The Morgan fingerprint density at radius 3 is 2.29 bits per heavy atom. The fraction of sp³-hybridized carbons (Fsp3) is 0.300. The lowest BCUT2D eigenvalue weighted by molar-refractivity contribution is -0.132. The molecule has 2 amide bonds. The van der Waals surface area contributed by atoms with Gasteiger partial charge in [0.25, 0.3) is 0 Å². The van der Waals surface area contributed by atoms with Gasteiger partial charge in [-0.2, -0.15) is 0 Å². The normalized spacial score (nSPS) is 21.4. The Hall–Kier alpha value is -2.62. The lowest BCUT2D eigenvalue weighted by atomic mass is 9.98. The van der Waals surface area contributed by atoms with Gasteiger partial charge in [-0.25, -0.2) is 9.69 Å². The molecule has 0 bridgehead atoms. The first-order chi connectivity index (χ1) is 11.6. The van der Waals surface area contributed by atoms with Gasteiger partial charge in [-0.05, 0) is 24.5 Å². The van der Waals surface area contributed by atoms with E-state index < -0.39 is 12.2 Å². The van der Waals surface area contributed by atoms with Crippen LogP contribution >= 0.6 is 0 Å². The van der Waals surface area contributed by atoms with E-state index >= 15 is 0 Å². The zero-order valence-electron chi connectivity index (χ0n) is 13.9. The van der Waals surface area contributed by atoms with Crippen LogP contribution in [0.15, 0.2) is 60.7 Å². The number of amides is 2. The standard InChI is InChI=1S/C20H21NO3/c1-14(13-16-9-5-3-6-10-16)19(22)21-15(2)18(24-20(21)23)17-11-7-4-8-12-17/h3-12,14-15,18H,13H2,1-2H3/t14-,15+,18+/m0/s1. The summed E-state index contributed by atoms with van der Waals surface area (Å²) in [5.74, 6) is -0.466. The van der Waals surface area contributed by atoms with Crippen molar-refractivity contribution < 1.29 is 14.3 Å². The third-order valence-corrected chi connectivity index (χ3v) is 4.44. The number of imide groups is 1. The molecule has 0 aromatic heterocycles. The fourth-order valence-corrected chi connectivity index (χ4v) is 3.14. The summed E-state index contributed by atoms with van der Waals surface area (Å²) in [5.41, 5.74) is 1.99. The molecule has 1 saturated heterocycles. The summed E-state index contributed by atoms with van der Waals surface area (Å²) in [6, 6.07) is 19.0. The molecule has 4 nitrogen and oxygen atoms in total. The van der Waals surface area contributed by atoms with Crippen LogP contribution in [0.1, 0.15) is 31.1 Å². The second kappa shape index (κ2) is 6.87. The first-order valence-corrected chi connectivity index (χ1v) is 8.20. The summed E-state index contributed by atoms with van der Waals surface area (Å²) in [4.78, 5) is 26.3. The van der Waals surface area contributed by atoms with Crippen molar-refractivity contribution in [3.05, 3.63) is 71.8 Å². The Morgan fingerprint density at radius 2 is 1.67 bits per heavy atom. The van der Waals surface area contributed by atoms with Crippen molar-refractivity contribution in [1.29, 1.82) is 0 Å². The summed E-state index contributed by atoms with van der Waals surface area (Å²) in [5, 5.41) is 0. The lowest BCUT2D eigenvalue weighted by Gasteiger charge is -2.22. The quantitative estimate of drug-likeness (QED) is 0.855. The molecule has 3 rings (SSSR count). The van der Waals surface area contributed by atoms with Gasteiger partial charge in [-0.15, -0.1) is 0 Å². The minimum Gasteiger partial charge on any atom is -0.439 e. The van der Waals surface area contributed by atoms with E-state index in [0.29, 0.717) is 6.42 Å². The molecule has 0 N–H and O–H groups in total. The highest BCUT2D eigenvalue weighted by Gasteiger charge is 2.44. The van der Waals surface area contributed by atoms with E-state index in [1.54, 1.807) is 0 Å². The summed E-state index contributed by atoms with van der Waals surface area (Å²) in [7, 11) is 0. The second-order valence-electron chi connectivity index (χ2n) is 6.25. The largest absolute Gasteiger partial charge is 0.439 e. The molecule has 2 aromatic rings. The van der Waals surface area contributed by atoms with Gasteiger partial charge in [-0.1, -0.05) is 67.6 Å². The first kappa shape index (κ1) is 16.2. The summed E-state index contributed by atoms with van der Waals surface area (Å²) >= 11 is 0. The summed E-state index contributed by atoms with van der Waals surface area (Å²) in [6.45, 7) is 3.71. The third kappa shape index (κ3) is 3.18. The Bertz CT molecular complexity index is 714. The molecule has 0 spiro atoms. The zero-order chi connectivity index (χ0) is 17.1. The Labute approximate surface area is 142 Å². The monoisotopic (exact) mass is 323 g/mol. The van der Waals surface area contributed by atoms with Gasteiger partial charge in [0.05, 0.1) is 6.04 Å². The predicted molar refractivity (Wildman–Crippen MR) is 91.3 cm³/mol. The maximum absolute atomic E-state index is 12.8. The average Bonchev–Trinajstić information content (AvgIpc) is 2.90.